The lowest BCUT2D eigenvalue weighted by Crippen LogP contribution is -1.92. The summed E-state index contributed by atoms with van der Waals surface area (Å²) in [5.74, 6) is 3.63. The van der Waals surface area contributed by atoms with Crippen molar-refractivity contribution in [2.24, 2.45) is 0 Å². The van der Waals surface area contributed by atoms with E-state index in [9.17, 15) is 8.78 Å². The third-order valence-corrected chi connectivity index (χ3v) is 4.21. The predicted molar refractivity (Wildman–Crippen MR) is 103 cm³/mol. The molecule has 1 nitrogen and oxygen atoms in total. The van der Waals surface area contributed by atoms with E-state index < -0.39 is 11.6 Å². The first-order valence-electron chi connectivity index (χ1n) is 8.71. The molecule has 0 saturated heterocycles. The molecule has 3 rings (SSSR count). The average molecular weight is 357 g/mol. The van der Waals surface area contributed by atoms with E-state index in [1.54, 1.807) is 6.07 Å². The van der Waals surface area contributed by atoms with Gasteiger partial charge in [0.05, 0.1) is 17.2 Å². The highest BCUT2D eigenvalue weighted by Crippen LogP contribution is 2.21. The van der Waals surface area contributed by atoms with E-state index >= 15 is 0 Å². The first-order valence-corrected chi connectivity index (χ1v) is 8.71. The number of nitriles is 1. The summed E-state index contributed by atoms with van der Waals surface area (Å²) < 4.78 is 27.8. The maximum absolute atomic E-state index is 13.9. The number of hydrogen-bond donors (Lipinski definition) is 0. The molecule has 0 radical (unpaired) electrons. The lowest BCUT2D eigenvalue weighted by Gasteiger charge is -2.04. The molecular weight excluding hydrogens is 340 g/mol. The predicted octanol–water partition coefficient (Wildman–Crippen LogP) is 5.86. The lowest BCUT2D eigenvalue weighted by atomic mass is 10.0. The van der Waals surface area contributed by atoms with Crippen LogP contribution in [0.25, 0.3) is 11.1 Å². The fourth-order valence-electron chi connectivity index (χ4n) is 2.79. The molecule has 0 spiro atoms. The largest absolute Gasteiger partial charge is 0.205 e. The Balaban J connectivity index is 1.81. The van der Waals surface area contributed by atoms with Crippen molar-refractivity contribution in [1.29, 1.82) is 5.26 Å². The van der Waals surface area contributed by atoms with Crippen LogP contribution in [-0.2, 0) is 6.42 Å². The number of hydrogen-bond acceptors (Lipinski definition) is 1. The Labute approximate surface area is 157 Å². The van der Waals surface area contributed by atoms with Gasteiger partial charge in [-0.3, -0.25) is 0 Å². The highest BCUT2D eigenvalue weighted by atomic mass is 19.1. The van der Waals surface area contributed by atoms with E-state index in [1.807, 2.05) is 24.3 Å². The zero-order chi connectivity index (χ0) is 19.2. The van der Waals surface area contributed by atoms with Crippen LogP contribution in [0.3, 0.4) is 0 Å². The summed E-state index contributed by atoms with van der Waals surface area (Å²) in [5.41, 5.74) is 3.74. The van der Waals surface area contributed by atoms with Crippen molar-refractivity contribution in [3.63, 3.8) is 0 Å². The molecule has 0 unspecified atom stereocenters. The molecule has 132 valence electrons. The Morgan fingerprint density at radius 1 is 0.778 bits per heavy atom. The van der Waals surface area contributed by atoms with E-state index in [-0.39, 0.29) is 11.1 Å². The summed E-state index contributed by atoms with van der Waals surface area (Å²) >= 11 is 0. The van der Waals surface area contributed by atoms with Crippen molar-refractivity contribution < 1.29 is 8.78 Å². The molecule has 0 aliphatic rings. The molecule has 0 saturated carbocycles. The number of aryl methyl sites for hydroxylation is 1. The van der Waals surface area contributed by atoms with E-state index in [1.165, 1.54) is 5.56 Å². The van der Waals surface area contributed by atoms with Gasteiger partial charge in [-0.2, -0.15) is 5.26 Å². The van der Waals surface area contributed by atoms with E-state index in [2.05, 4.69) is 43.0 Å². The second-order valence-electron chi connectivity index (χ2n) is 6.20. The minimum atomic E-state index is -0.831. The number of benzene rings is 3. The van der Waals surface area contributed by atoms with Gasteiger partial charge in [0.1, 0.15) is 11.6 Å². The fourth-order valence-corrected chi connectivity index (χ4v) is 2.79. The average Bonchev–Trinajstić information content (AvgIpc) is 2.68. The van der Waals surface area contributed by atoms with Crippen molar-refractivity contribution in [2.75, 3.05) is 0 Å². The van der Waals surface area contributed by atoms with Gasteiger partial charge in [0.25, 0.3) is 0 Å². The quantitative estimate of drug-likeness (QED) is 0.539. The molecule has 0 aliphatic carbocycles. The highest BCUT2D eigenvalue weighted by Gasteiger charge is 2.08. The van der Waals surface area contributed by atoms with Crippen LogP contribution in [0.1, 0.15) is 35.6 Å². The maximum Gasteiger partial charge on any atom is 0.143 e. The number of halogens is 2. The smallest absolute Gasteiger partial charge is 0.143 e. The molecule has 0 N–H and O–H groups in total. The second-order valence-corrected chi connectivity index (χ2v) is 6.20. The molecule has 0 fully saturated rings. The molecule has 0 bridgehead atoms. The van der Waals surface area contributed by atoms with Crippen LogP contribution >= 0.6 is 0 Å². The first-order chi connectivity index (χ1) is 13.1. The Morgan fingerprint density at radius 3 is 1.85 bits per heavy atom. The molecule has 0 amide bonds. The van der Waals surface area contributed by atoms with Crippen LogP contribution in [-0.4, -0.2) is 0 Å². The van der Waals surface area contributed by atoms with Gasteiger partial charge >= 0.3 is 0 Å². The van der Waals surface area contributed by atoms with Gasteiger partial charge in [0.15, 0.2) is 0 Å². The first kappa shape index (κ1) is 18.4. The zero-order valence-corrected chi connectivity index (χ0v) is 14.9. The number of rotatable bonds is 3. The lowest BCUT2D eigenvalue weighted by molar-refractivity contribution is 0.577. The molecule has 3 aromatic carbocycles. The highest BCUT2D eigenvalue weighted by molar-refractivity contribution is 5.64. The van der Waals surface area contributed by atoms with Crippen LogP contribution in [0.15, 0.2) is 60.7 Å². The van der Waals surface area contributed by atoms with E-state index in [0.29, 0.717) is 5.56 Å². The second kappa shape index (κ2) is 8.30. The van der Waals surface area contributed by atoms with E-state index in [0.717, 1.165) is 36.1 Å². The Hall–Kier alpha value is -3.43. The van der Waals surface area contributed by atoms with Gasteiger partial charge in [-0.05, 0) is 47.4 Å². The van der Waals surface area contributed by atoms with Gasteiger partial charge in [-0.25, -0.2) is 8.78 Å². The third kappa shape index (κ3) is 4.40. The van der Waals surface area contributed by atoms with Gasteiger partial charge < -0.3 is 0 Å². The molecule has 27 heavy (non-hydrogen) atoms. The summed E-state index contributed by atoms with van der Waals surface area (Å²) in [6, 6.07) is 19.6. The third-order valence-electron chi connectivity index (χ3n) is 4.21. The Morgan fingerprint density at radius 2 is 1.33 bits per heavy atom. The zero-order valence-electron chi connectivity index (χ0n) is 14.9. The molecule has 0 heterocycles. The molecular formula is C24H17F2N. The molecule has 3 aromatic rings. The summed E-state index contributed by atoms with van der Waals surface area (Å²) in [6.45, 7) is 2.16. The fraction of sp³-hybridized carbons (Fsp3) is 0.125. The summed E-state index contributed by atoms with van der Waals surface area (Å²) in [7, 11) is 0. The van der Waals surface area contributed by atoms with Crippen molar-refractivity contribution in [3.8, 4) is 29.0 Å². The summed E-state index contributed by atoms with van der Waals surface area (Å²) in [5, 5.41) is 8.73. The standard InChI is InChI=1S/C24H17F2N/c1-2-3-17-4-9-20(10-5-17)21-11-6-18(7-12-21)8-13-22-23(25)14-19(16-27)15-24(22)26/h4-7,9-12,14-15H,2-3H2,1H3. The van der Waals surface area contributed by atoms with Crippen LogP contribution in [0, 0.1) is 34.8 Å². The topological polar surface area (TPSA) is 23.8 Å². The minimum Gasteiger partial charge on any atom is -0.205 e. The Kier molecular flexibility index (Phi) is 5.64. The molecule has 3 heteroatoms. The SMILES string of the molecule is CCCc1ccc(-c2ccc(C#Cc3c(F)cc(C#N)cc3F)cc2)cc1. The van der Waals surface area contributed by atoms with Gasteiger partial charge in [0.2, 0.25) is 0 Å². The minimum absolute atomic E-state index is 0.0649. The summed E-state index contributed by atoms with van der Waals surface area (Å²) in [4.78, 5) is 0. The van der Waals surface area contributed by atoms with Gasteiger partial charge in [-0.1, -0.05) is 61.6 Å². The van der Waals surface area contributed by atoms with Crippen molar-refractivity contribution >= 4 is 0 Å². The number of nitrogens with zero attached hydrogens (tertiary/aromatic N) is 1. The van der Waals surface area contributed by atoms with Crippen molar-refractivity contribution in [1.82, 2.24) is 0 Å². The van der Waals surface area contributed by atoms with Crippen LogP contribution in [0.5, 0.6) is 0 Å². The van der Waals surface area contributed by atoms with Gasteiger partial charge in [0, 0.05) is 5.56 Å². The van der Waals surface area contributed by atoms with Crippen molar-refractivity contribution in [2.45, 2.75) is 19.8 Å². The molecule has 0 atom stereocenters. The van der Waals surface area contributed by atoms with E-state index in [4.69, 9.17) is 5.26 Å². The van der Waals surface area contributed by atoms with Crippen LogP contribution in [0.2, 0.25) is 0 Å². The summed E-state index contributed by atoms with van der Waals surface area (Å²) in [6.07, 6.45) is 2.18. The normalized spacial score (nSPS) is 10.0. The van der Waals surface area contributed by atoms with Crippen molar-refractivity contribution in [3.05, 3.63) is 94.6 Å². The van der Waals surface area contributed by atoms with Crippen LogP contribution < -0.4 is 0 Å². The molecule has 0 aliphatic heterocycles. The monoisotopic (exact) mass is 357 g/mol. The Bertz CT molecular complexity index is 1020. The maximum atomic E-state index is 13.9. The molecule has 0 aromatic heterocycles. The van der Waals surface area contributed by atoms with Crippen LogP contribution in [0.4, 0.5) is 8.78 Å². The van der Waals surface area contributed by atoms with Gasteiger partial charge in [-0.15, -0.1) is 0 Å².